The van der Waals surface area contributed by atoms with Gasteiger partial charge in [-0.05, 0) is 26.0 Å². The van der Waals surface area contributed by atoms with E-state index >= 15 is 0 Å². The number of rotatable bonds is 3. The van der Waals surface area contributed by atoms with Crippen LogP contribution in [0.5, 0.6) is 0 Å². The molecule has 12 heavy (non-hydrogen) atoms. The van der Waals surface area contributed by atoms with Gasteiger partial charge in [-0.2, -0.15) is 0 Å². The zero-order chi connectivity index (χ0) is 8.97. The van der Waals surface area contributed by atoms with Crippen molar-refractivity contribution in [3.63, 3.8) is 0 Å². The van der Waals surface area contributed by atoms with E-state index < -0.39 is 0 Å². The lowest BCUT2D eigenvalue weighted by molar-refractivity contribution is 0.563. The molecule has 0 amide bonds. The summed E-state index contributed by atoms with van der Waals surface area (Å²) in [6.45, 7) is 4.06. The van der Waals surface area contributed by atoms with E-state index in [1.807, 2.05) is 38.3 Å². The molecule has 0 atom stereocenters. The average molecular weight is 162 g/mol. The largest absolute Gasteiger partial charge is 0.382 e. The molecule has 1 radical (unpaired) electrons. The Morgan fingerprint density at radius 2 is 2.00 bits per heavy atom. The van der Waals surface area contributed by atoms with E-state index in [-0.39, 0.29) is 0 Å². The van der Waals surface area contributed by atoms with Gasteiger partial charge in [-0.15, -0.1) is 0 Å². The van der Waals surface area contributed by atoms with Gasteiger partial charge in [0, 0.05) is 17.3 Å². The van der Waals surface area contributed by atoms with Crippen molar-refractivity contribution in [2.24, 2.45) is 0 Å². The fourth-order valence-electron chi connectivity index (χ4n) is 1.01. The Bertz CT molecular complexity index is 268. The first-order valence-corrected chi connectivity index (χ1v) is 3.97. The first kappa shape index (κ1) is 8.78. The fourth-order valence-corrected chi connectivity index (χ4v) is 1.01. The molecule has 1 aromatic rings. The lowest BCUT2D eigenvalue weighted by Gasteiger charge is -2.10. The van der Waals surface area contributed by atoms with E-state index in [9.17, 15) is 4.79 Å². The quantitative estimate of drug-likeness (QED) is 0.736. The van der Waals surface area contributed by atoms with Gasteiger partial charge >= 0.3 is 0 Å². The van der Waals surface area contributed by atoms with Gasteiger partial charge in [-0.25, -0.2) is 0 Å². The van der Waals surface area contributed by atoms with Gasteiger partial charge in [-0.1, -0.05) is 12.1 Å². The normalized spacial score (nSPS) is 9.92. The Hall–Kier alpha value is -1.31. The maximum atomic E-state index is 10.4. The van der Waals surface area contributed by atoms with Crippen LogP contribution in [0, 0.1) is 0 Å². The Morgan fingerprint density at radius 1 is 1.33 bits per heavy atom. The molecular formula is C10H12NO. The third-order valence-electron chi connectivity index (χ3n) is 1.48. The van der Waals surface area contributed by atoms with Crippen molar-refractivity contribution in [3.05, 3.63) is 29.8 Å². The highest BCUT2D eigenvalue weighted by atomic mass is 16.1. The standard InChI is InChI=1S/C10H12NO/c1-8(2)11-10-6-4-3-5-9(10)7-12/h3-6,8,11H,1-2H3. The molecule has 0 aliphatic heterocycles. The Morgan fingerprint density at radius 3 is 2.58 bits per heavy atom. The van der Waals surface area contributed by atoms with Crippen LogP contribution < -0.4 is 5.32 Å². The molecule has 0 saturated heterocycles. The Balaban J connectivity index is 2.89. The summed E-state index contributed by atoms with van der Waals surface area (Å²) in [6, 6.07) is 7.68. The van der Waals surface area contributed by atoms with Gasteiger partial charge in [0.15, 0.2) is 0 Å². The molecule has 0 aromatic heterocycles. The van der Waals surface area contributed by atoms with Crippen molar-refractivity contribution in [1.29, 1.82) is 0 Å². The molecule has 0 spiro atoms. The molecule has 0 saturated carbocycles. The molecule has 0 aliphatic rings. The number of benzene rings is 1. The second kappa shape index (κ2) is 3.90. The number of nitrogens with one attached hydrogen (secondary N) is 1. The highest BCUT2D eigenvalue weighted by Gasteiger charge is 2.00. The first-order chi connectivity index (χ1) is 5.74. The van der Waals surface area contributed by atoms with Crippen molar-refractivity contribution in [2.45, 2.75) is 19.9 Å². The van der Waals surface area contributed by atoms with E-state index in [4.69, 9.17) is 0 Å². The summed E-state index contributed by atoms with van der Waals surface area (Å²) in [4.78, 5) is 10.4. The lowest BCUT2D eigenvalue weighted by Crippen LogP contribution is -2.11. The second-order valence-electron chi connectivity index (χ2n) is 2.95. The highest BCUT2D eigenvalue weighted by molar-refractivity contribution is 5.84. The van der Waals surface area contributed by atoms with Crippen LogP contribution in [0.3, 0.4) is 0 Å². The molecule has 0 aliphatic carbocycles. The second-order valence-corrected chi connectivity index (χ2v) is 2.95. The van der Waals surface area contributed by atoms with Crippen LogP contribution in [0.1, 0.15) is 19.4 Å². The zero-order valence-corrected chi connectivity index (χ0v) is 7.29. The van der Waals surface area contributed by atoms with Gasteiger partial charge < -0.3 is 5.32 Å². The van der Waals surface area contributed by atoms with Crippen LogP contribution in [0.25, 0.3) is 0 Å². The number of para-hydroxylation sites is 1. The van der Waals surface area contributed by atoms with Crippen molar-refractivity contribution in [1.82, 2.24) is 0 Å². The monoisotopic (exact) mass is 162 g/mol. The molecule has 1 aromatic carbocycles. The van der Waals surface area contributed by atoms with E-state index in [2.05, 4.69) is 5.32 Å². The SMILES string of the molecule is CC(C)Nc1ccccc1[C]=O. The third-order valence-corrected chi connectivity index (χ3v) is 1.48. The molecule has 0 fully saturated rings. The van der Waals surface area contributed by atoms with Crippen molar-refractivity contribution in [2.75, 3.05) is 5.32 Å². The smallest absolute Gasteiger partial charge is 0.235 e. The molecule has 1 rings (SSSR count). The predicted molar refractivity (Wildman–Crippen MR) is 50.0 cm³/mol. The predicted octanol–water partition coefficient (Wildman–Crippen LogP) is 1.96. The van der Waals surface area contributed by atoms with Crippen LogP contribution in [0.15, 0.2) is 24.3 Å². The summed E-state index contributed by atoms with van der Waals surface area (Å²) in [6.07, 6.45) is 1.89. The molecule has 0 heterocycles. The number of hydrogen-bond donors (Lipinski definition) is 1. The van der Waals surface area contributed by atoms with Gasteiger partial charge in [0.2, 0.25) is 6.29 Å². The van der Waals surface area contributed by atoms with Gasteiger partial charge in [0.1, 0.15) is 0 Å². The van der Waals surface area contributed by atoms with E-state index in [0.29, 0.717) is 11.6 Å². The summed E-state index contributed by atoms with van der Waals surface area (Å²) in [5.41, 5.74) is 1.44. The Kier molecular flexibility index (Phi) is 2.86. The van der Waals surface area contributed by atoms with Gasteiger partial charge in [-0.3, -0.25) is 4.79 Å². The molecule has 63 valence electrons. The van der Waals surface area contributed by atoms with E-state index in [1.54, 1.807) is 6.07 Å². The molecule has 1 N–H and O–H groups in total. The third kappa shape index (κ3) is 2.09. The minimum absolute atomic E-state index is 0.333. The van der Waals surface area contributed by atoms with Crippen LogP contribution in [0.4, 0.5) is 5.69 Å². The maximum absolute atomic E-state index is 10.4. The summed E-state index contributed by atoms with van der Waals surface area (Å²) in [5.74, 6) is 0. The molecule has 0 unspecified atom stereocenters. The minimum Gasteiger partial charge on any atom is -0.382 e. The Labute approximate surface area is 72.6 Å². The van der Waals surface area contributed by atoms with Crippen LogP contribution in [-0.2, 0) is 4.79 Å². The first-order valence-electron chi connectivity index (χ1n) is 3.97. The summed E-state index contributed by atoms with van der Waals surface area (Å²) >= 11 is 0. The van der Waals surface area contributed by atoms with Crippen LogP contribution >= 0.6 is 0 Å². The number of carbonyl (C=O) groups excluding carboxylic acids is 1. The van der Waals surface area contributed by atoms with Gasteiger partial charge in [0.25, 0.3) is 0 Å². The topological polar surface area (TPSA) is 29.1 Å². The molecule has 2 heteroatoms. The molecule has 0 bridgehead atoms. The zero-order valence-electron chi connectivity index (χ0n) is 7.29. The molecular weight excluding hydrogens is 150 g/mol. The van der Waals surface area contributed by atoms with E-state index in [1.165, 1.54) is 0 Å². The summed E-state index contributed by atoms with van der Waals surface area (Å²) in [7, 11) is 0. The lowest BCUT2D eigenvalue weighted by atomic mass is 10.2. The van der Waals surface area contributed by atoms with Crippen molar-refractivity contribution < 1.29 is 4.79 Å². The fraction of sp³-hybridized carbons (Fsp3) is 0.300. The summed E-state index contributed by atoms with van der Waals surface area (Å²) < 4.78 is 0. The van der Waals surface area contributed by atoms with Crippen LogP contribution in [-0.4, -0.2) is 12.3 Å². The number of anilines is 1. The summed E-state index contributed by atoms with van der Waals surface area (Å²) in [5, 5.41) is 3.16. The van der Waals surface area contributed by atoms with Gasteiger partial charge in [0.05, 0.1) is 0 Å². The maximum Gasteiger partial charge on any atom is 0.235 e. The van der Waals surface area contributed by atoms with E-state index in [0.717, 1.165) is 5.69 Å². The highest BCUT2D eigenvalue weighted by Crippen LogP contribution is 2.12. The molecule has 2 nitrogen and oxygen atoms in total. The average Bonchev–Trinajstić information content (AvgIpc) is 2.04. The number of hydrogen-bond acceptors (Lipinski definition) is 2. The van der Waals surface area contributed by atoms with Crippen LogP contribution in [0.2, 0.25) is 0 Å². The van der Waals surface area contributed by atoms with Crippen molar-refractivity contribution in [3.8, 4) is 0 Å². The minimum atomic E-state index is 0.333. The van der Waals surface area contributed by atoms with Crippen molar-refractivity contribution >= 4 is 12.0 Å².